The molecule has 15 heavy (non-hydrogen) atoms. The number of hydrogen-bond donors (Lipinski definition) is 1. The third kappa shape index (κ3) is 3.59. The van der Waals surface area contributed by atoms with E-state index in [1.165, 1.54) is 11.3 Å². The molecule has 0 radical (unpaired) electrons. The second kappa shape index (κ2) is 4.63. The highest BCUT2D eigenvalue weighted by atomic mass is 32.1. The molecule has 1 aromatic heterocycles. The van der Waals surface area contributed by atoms with Crippen LogP contribution in [0, 0.1) is 5.41 Å². The topological polar surface area (TPSA) is 48.1 Å². The number of aromatic nitrogens is 1. The van der Waals surface area contributed by atoms with Crippen LogP contribution in [0.15, 0.2) is 6.20 Å². The van der Waals surface area contributed by atoms with E-state index in [4.69, 9.17) is 10.2 Å². The molecule has 1 heterocycles. The SMILES string of the molecule is C[SiH](C)OC(c1cnc(N)s1)C(C)(C)C. The zero-order chi connectivity index (χ0) is 11.6. The van der Waals surface area contributed by atoms with E-state index in [0.29, 0.717) is 5.13 Å². The number of nitrogens with two attached hydrogens (primary N) is 1. The van der Waals surface area contributed by atoms with Gasteiger partial charge in [0, 0.05) is 6.20 Å². The van der Waals surface area contributed by atoms with E-state index in [2.05, 4.69) is 38.8 Å². The fourth-order valence-electron chi connectivity index (χ4n) is 1.39. The lowest BCUT2D eigenvalue weighted by Crippen LogP contribution is -2.25. The summed E-state index contributed by atoms with van der Waals surface area (Å²) in [6.45, 7) is 10.9. The van der Waals surface area contributed by atoms with E-state index in [-0.39, 0.29) is 11.5 Å². The summed E-state index contributed by atoms with van der Waals surface area (Å²) in [5, 5.41) is 0.619. The molecule has 0 aromatic carbocycles. The molecule has 0 fully saturated rings. The first-order chi connectivity index (χ1) is 6.80. The number of anilines is 1. The van der Waals surface area contributed by atoms with Crippen LogP contribution in [-0.4, -0.2) is 14.0 Å². The summed E-state index contributed by atoms with van der Waals surface area (Å²) in [7, 11) is -1.05. The van der Waals surface area contributed by atoms with Crippen molar-refractivity contribution in [3.05, 3.63) is 11.1 Å². The Morgan fingerprint density at radius 3 is 2.40 bits per heavy atom. The molecule has 0 aliphatic heterocycles. The second-order valence-electron chi connectivity index (χ2n) is 5.03. The molecule has 0 aliphatic rings. The first-order valence-electron chi connectivity index (χ1n) is 5.17. The summed E-state index contributed by atoms with van der Waals surface area (Å²) in [5.41, 5.74) is 5.75. The average Bonchev–Trinajstić information content (AvgIpc) is 2.45. The Kier molecular flexibility index (Phi) is 3.91. The Labute approximate surface area is 97.4 Å². The molecule has 5 heteroatoms. The van der Waals surface area contributed by atoms with Crippen molar-refractivity contribution in [1.29, 1.82) is 0 Å². The third-order valence-electron chi connectivity index (χ3n) is 1.99. The van der Waals surface area contributed by atoms with Crippen molar-refractivity contribution >= 4 is 25.5 Å². The van der Waals surface area contributed by atoms with Crippen molar-refractivity contribution < 1.29 is 4.43 Å². The lowest BCUT2D eigenvalue weighted by Gasteiger charge is -2.31. The molecular formula is C10H20N2OSSi. The minimum absolute atomic E-state index is 0.0935. The van der Waals surface area contributed by atoms with Crippen molar-refractivity contribution in [2.45, 2.75) is 40.0 Å². The molecule has 3 nitrogen and oxygen atoms in total. The van der Waals surface area contributed by atoms with Gasteiger partial charge in [-0.3, -0.25) is 0 Å². The third-order valence-corrected chi connectivity index (χ3v) is 3.68. The molecule has 0 saturated heterocycles. The standard InChI is InChI=1S/C10H20N2OSSi/c1-10(2,3)8(13-15(4)5)7-6-12-9(11)14-7/h6,8,15H,1-5H3,(H2,11,12). The van der Waals surface area contributed by atoms with Crippen molar-refractivity contribution in [1.82, 2.24) is 4.98 Å². The summed E-state index contributed by atoms with van der Waals surface area (Å²) in [4.78, 5) is 5.23. The van der Waals surface area contributed by atoms with E-state index in [9.17, 15) is 0 Å². The van der Waals surface area contributed by atoms with Gasteiger partial charge in [-0.15, -0.1) is 0 Å². The van der Waals surface area contributed by atoms with Crippen LogP contribution in [0.25, 0.3) is 0 Å². The number of nitrogens with zero attached hydrogens (tertiary/aromatic N) is 1. The van der Waals surface area contributed by atoms with Gasteiger partial charge in [0.05, 0.1) is 11.0 Å². The molecule has 1 unspecified atom stereocenters. The highest BCUT2D eigenvalue weighted by Crippen LogP contribution is 2.39. The van der Waals surface area contributed by atoms with E-state index in [1.54, 1.807) is 0 Å². The van der Waals surface area contributed by atoms with Crippen molar-refractivity contribution in [2.24, 2.45) is 5.41 Å². The molecule has 2 N–H and O–H groups in total. The van der Waals surface area contributed by atoms with Crippen molar-refractivity contribution in [3.63, 3.8) is 0 Å². The molecule has 86 valence electrons. The fraction of sp³-hybridized carbons (Fsp3) is 0.700. The maximum Gasteiger partial charge on any atom is 0.180 e. The minimum atomic E-state index is -1.05. The monoisotopic (exact) mass is 244 g/mol. The van der Waals surface area contributed by atoms with Gasteiger partial charge >= 0.3 is 0 Å². The second-order valence-corrected chi connectivity index (χ2v) is 8.50. The Hall–Kier alpha value is -0.393. The van der Waals surface area contributed by atoms with Gasteiger partial charge in [-0.2, -0.15) is 0 Å². The normalized spacial score (nSPS) is 14.5. The van der Waals surface area contributed by atoms with Crippen LogP contribution in [0.4, 0.5) is 5.13 Å². The van der Waals surface area contributed by atoms with Crippen molar-refractivity contribution in [3.8, 4) is 0 Å². The Morgan fingerprint density at radius 2 is 2.07 bits per heavy atom. The number of hydrogen-bond acceptors (Lipinski definition) is 4. The number of thiazole rings is 1. The first kappa shape index (κ1) is 12.7. The van der Waals surface area contributed by atoms with Gasteiger partial charge in [0.1, 0.15) is 0 Å². The van der Waals surface area contributed by atoms with Crippen LogP contribution in [-0.2, 0) is 4.43 Å². The Balaban J connectivity index is 2.91. The predicted octanol–water partition coefficient (Wildman–Crippen LogP) is 2.81. The van der Waals surface area contributed by atoms with Crippen LogP contribution < -0.4 is 5.73 Å². The molecule has 0 saturated carbocycles. The zero-order valence-electron chi connectivity index (χ0n) is 10.1. The maximum atomic E-state index is 6.07. The highest BCUT2D eigenvalue weighted by Gasteiger charge is 2.29. The highest BCUT2D eigenvalue weighted by molar-refractivity contribution is 7.15. The van der Waals surface area contributed by atoms with Crippen LogP contribution in [0.1, 0.15) is 31.8 Å². The quantitative estimate of drug-likeness (QED) is 0.832. The Morgan fingerprint density at radius 1 is 1.47 bits per heavy atom. The van der Waals surface area contributed by atoms with Gasteiger partial charge in [-0.05, 0) is 18.5 Å². The smallest absolute Gasteiger partial charge is 0.180 e. The van der Waals surface area contributed by atoms with Gasteiger partial charge in [-0.1, -0.05) is 32.1 Å². The zero-order valence-corrected chi connectivity index (χ0v) is 12.0. The molecule has 1 atom stereocenters. The minimum Gasteiger partial charge on any atom is -0.412 e. The summed E-state index contributed by atoms with van der Waals surface area (Å²) in [6.07, 6.45) is 1.96. The molecular weight excluding hydrogens is 224 g/mol. The molecule has 0 amide bonds. The lowest BCUT2D eigenvalue weighted by atomic mass is 9.88. The largest absolute Gasteiger partial charge is 0.412 e. The predicted molar refractivity (Wildman–Crippen MR) is 68.7 cm³/mol. The fourth-order valence-corrected chi connectivity index (χ4v) is 3.56. The van der Waals surface area contributed by atoms with Gasteiger partial charge in [-0.25, -0.2) is 4.98 Å². The number of rotatable bonds is 3. The van der Waals surface area contributed by atoms with Crippen molar-refractivity contribution in [2.75, 3.05) is 5.73 Å². The van der Waals surface area contributed by atoms with E-state index >= 15 is 0 Å². The summed E-state index contributed by atoms with van der Waals surface area (Å²) in [6, 6.07) is 0. The van der Waals surface area contributed by atoms with Crippen LogP contribution in [0.5, 0.6) is 0 Å². The van der Waals surface area contributed by atoms with E-state index in [0.717, 1.165) is 4.88 Å². The maximum absolute atomic E-state index is 6.07. The first-order valence-corrected chi connectivity index (χ1v) is 8.77. The molecule has 0 spiro atoms. The van der Waals surface area contributed by atoms with Crippen LogP contribution >= 0.6 is 11.3 Å². The van der Waals surface area contributed by atoms with Gasteiger partial charge in [0.15, 0.2) is 14.2 Å². The Bertz CT molecular complexity index is 319. The van der Waals surface area contributed by atoms with E-state index in [1.807, 2.05) is 6.20 Å². The molecule has 0 aliphatic carbocycles. The van der Waals surface area contributed by atoms with Gasteiger partial charge in [0.2, 0.25) is 0 Å². The molecule has 0 bridgehead atoms. The van der Waals surface area contributed by atoms with Crippen LogP contribution in [0.2, 0.25) is 13.1 Å². The van der Waals surface area contributed by atoms with Gasteiger partial charge in [0.25, 0.3) is 0 Å². The van der Waals surface area contributed by atoms with E-state index < -0.39 is 9.04 Å². The summed E-state index contributed by atoms with van der Waals surface area (Å²) in [5.74, 6) is 0. The molecule has 1 rings (SSSR count). The van der Waals surface area contributed by atoms with Crippen LogP contribution in [0.3, 0.4) is 0 Å². The average molecular weight is 244 g/mol. The lowest BCUT2D eigenvalue weighted by molar-refractivity contribution is 0.0896. The summed E-state index contributed by atoms with van der Waals surface area (Å²) < 4.78 is 6.07. The molecule has 1 aromatic rings. The number of nitrogen functional groups attached to an aromatic ring is 1. The summed E-state index contributed by atoms with van der Waals surface area (Å²) >= 11 is 1.53. The van der Waals surface area contributed by atoms with Gasteiger partial charge < -0.3 is 10.2 Å².